The molecule has 1 amide bonds. The lowest BCUT2D eigenvalue weighted by atomic mass is 10.1. The van der Waals surface area contributed by atoms with Crippen molar-refractivity contribution in [3.8, 4) is 0 Å². The van der Waals surface area contributed by atoms with E-state index in [1.54, 1.807) is 17.0 Å². The molecule has 0 saturated carbocycles. The van der Waals surface area contributed by atoms with Crippen molar-refractivity contribution < 1.29 is 22.8 Å². The summed E-state index contributed by atoms with van der Waals surface area (Å²) in [5, 5.41) is 8.36. The lowest BCUT2D eigenvalue weighted by molar-refractivity contribution is -0.138. The molecule has 4 rings (SSSR count). The van der Waals surface area contributed by atoms with Gasteiger partial charge in [-0.2, -0.15) is 13.2 Å². The minimum atomic E-state index is -4.59. The Morgan fingerprint density at radius 1 is 0.935 bits per heavy atom. The molecule has 2 aliphatic rings. The number of aldehydes is 1. The lowest BCUT2D eigenvalue weighted by Crippen LogP contribution is -2.49. The molecule has 3 heterocycles. The van der Waals surface area contributed by atoms with E-state index < -0.39 is 17.6 Å². The Hall–Kier alpha value is -3.50. The number of piperazine rings is 1. The molecule has 11 heteroatoms. The van der Waals surface area contributed by atoms with E-state index in [0.717, 1.165) is 6.07 Å². The van der Waals surface area contributed by atoms with E-state index in [-0.39, 0.29) is 18.7 Å². The van der Waals surface area contributed by atoms with Crippen molar-refractivity contribution in [2.75, 3.05) is 49.1 Å². The Morgan fingerprint density at radius 2 is 1.61 bits per heavy atom. The molecular weight excluding hydrogens is 413 g/mol. The van der Waals surface area contributed by atoms with Crippen LogP contribution in [0.4, 0.5) is 24.8 Å². The average Bonchev–Trinajstić information content (AvgIpc) is 3.27. The Morgan fingerprint density at radius 3 is 2.26 bits per heavy atom. The van der Waals surface area contributed by atoms with Crippen LogP contribution < -0.4 is 9.80 Å². The number of amidine groups is 1. The zero-order valence-electron chi connectivity index (χ0n) is 16.4. The first kappa shape index (κ1) is 20.8. The summed E-state index contributed by atoms with van der Waals surface area (Å²) in [6.07, 6.45) is -3.91. The Balaban J connectivity index is 1.41. The summed E-state index contributed by atoms with van der Waals surface area (Å²) >= 11 is 0. The molecule has 1 fully saturated rings. The minimum absolute atomic E-state index is 0.266. The number of carbonyl (C=O) groups excluding carboxylic acids is 2. The Bertz CT molecular complexity index is 1000. The molecule has 31 heavy (non-hydrogen) atoms. The van der Waals surface area contributed by atoms with Gasteiger partial charge in [-0.25, -0.2) is 0 Å². The number of carbonyl (C=O) groups is 2. The van der Waals surface area contributed by atoms with Gasteiger partial charge in [-0.15, -0.1) is 10.2 Å². The number of aromatic nitrogens is 2. The summed E-state index contributed by atoms with van der Waals surface area (Å²) in [4.78, 5) is 32.8. The normalized spacial score (nSPS) is 17.0. The molecule has 0 atom stereocenters. The van der Waals surface area contributed by atoms with Gasteiger partial charge in [0.2, 0.25) is 0 Å². The van der Waals surface area contributed by atoms with Crippen molar-refractivity contribution in [2.45, 2.75) is 6.18 Å². The SMILES string of the molecule is O=CC1=NCCN1c1ccc(N2CCN(C(=O)c3ccccc3C(F)(F)F)CC2)nn1. The number of hydrogen-bond acceptors (Lipinski definition) is 7. The van der Waals surface area contributed by atoms with Gasteiger partial charge in [0.15, 0.2) is 23.8 Å². The van der Waals surface area contributed by atoms with Gasteiger partial charge in [-0.1, -0.05) is 12.1 Å². The first-order chi connectivity index (χ1) is 14.9. The first-order valence-electron chi connectivity index (χ1n) is 9.70. The summed E-state index contributed by atoms with van der Waals surface area (Å²) in [5.74, 6) is 0.789. The summed E-state index contributed by atoms with van der Waals surface area (Å²) in [5.41, 5.74) is -1.27. The monoisotopic (exact) mass is 432 g/mol. The highest BCUT2D eigenvalue weighted by Crippen LogP contribution is 2.32. The standard InChI is InChI=1S/C20H19F3N6O2/c21-20(22,23)15-4-2-1-3-14(15)19(31)28-11-9-27(10-12-28)16-5-6-17(26-25-16)29-8-7-24-18(29)13-30/h1-6,13H,7-12H2. The van der Waals surface area contributed by atoms with E-state index >= 15 is 0 Å². The van der Waals surface area contributed by atoms with Gasteiger partial charge < -0.3 is 14.7 Å². The van der Waals surface area contributed by atoms with E-state index in [9.17, 15) is 22.8 Å². The number of aliphatic imine (C=N–C) groups is 1. The fourth-order valence-corrected chi connectivity index (χ4v) is 3.65. The van der Waals surface area contributed by atoms with Crippen LogP contribution in [0, 0.1) is 0 Å². The fourth-order valence-electron chi connectivity index (χ4n) is 3.65. The van der Waals surface area contributed by atoms with Crippen molar-refractivity contribution in [1.82, 2.24) is 15.1 Å². The zero-order valence-corrected chi connectivity index (χ0v) is 16.4. The van der Waals surface area contributed by atoms with Crippen molar-refractivity contribution in [1.29, 1.82) is 0 Å². The molecule has 0 unspecified atom stereocenters. The molecule has 0 aliphatic carbocycles. The van der Waals surface area contributed by atoms with Crippen LogP contribution in [-0.4, -0.2) is 72.4 Å². The largest absolute Gasteiger partial charge is 0.417 e. The molecule has 1 saturated heterocycles. The number of rotatable bonds is 4. The first-order valence-corrected chi connectivity index (χ1v) is 9.70. The molecular formula is C20H19F3N6O2. The maximum absolute atomic E-state index is 13.2. The quantitative estimate of drug-likeness (QED) is 0.687. The number of anilines is 2. The molecule has 2 aliphatic heterocycles. The van der Waals surface area contributed by atoms with Crippen molar-refractivity contribution >= 4 is 29.7 Å². The van der Waals surface area contributed by atoms with Crippen LogP contribution in [0.1, 0.15) is 15.9 Å². The van der Waals surface area contributed by atoms with Gasteiger partial charge in [0.1, 0.15) is 0 Å². The highest BCUT2D eigenvalue weighted by molar-refractivity contribution is 6.34. The molecule has 162 valence electrons. The molecule has 2 aromatic rings. The van der Waals surface area contributed by atoms with E-state index in [4.69, 9.17) is 0 Å². The Labute approximate surface area is 176 Å². The molecule has 0 spiro atoms. The molecule has 1 aromatic carbocycles. The molecule has 0 bridgehead atoms. The van der Waals surface area contributed by atoms with Gasteiger partial charge in [-0.3, -0.25) is 14.6 Å². The van der Waals surface area contributed by atoms with Crippen LogP contribution in [-0.2, 0) is 11.0 Å². The lowest BCUT2D eigenvalue weighted by Gasteiger charge is -2.35. The molecule has 0 N–H and O–H groups in total. The smallest absolute Gasteiger partial charge is 0.352 e. The summed E-state index contributed by atoms with van der Waals surface area (Å²) < 4.78 is 39.7. The van der Waals surface area contributed by atoms with Gasteiger partial charge in [0.05, 0.1) is 17.7 Å². The van der Waals surface area contributed by atoms with Crippen LogP contribution in [0.2, 0.25) is 0 Å². The maximum atomic E-state index is 13.2. The number of hydrogen-bond donors (Lipinski definition) is 0. The summed E-state index contributed by atoms with van der Waals surface area (Å²) in [6, 6.07) is 8.32. The van der Waals surface area contributed by atoms with Gasteiger partial charge in [0.25, 0.3) is 5.91 Å². The maximum Gasteiger partial charge on any atom is 0.417 e. The minimum Gasteiger partial charge on any atom is -0.352 e. The van der Waals surface area contributed by atoms with Crippen LogP contribution in [0.25, 0.3) is 0 Å². The zero-order chi connectivity index (χ0) is 22.0. The second-order valence-corrected chi connectivity index (χ2v) is 7.08. The summed E-state index contributed by atoms with van der Waals surface area (Å²) in [7, 11) is 0. The number of alkyl halides is 3. The number of halogens is 3. The average molecular weight is 432 g/mol. The van der Waals surface area contributed by atoms with Crippen LogP contribution in [0.3, 0.4) is 0 Å². The molecule has 8 nitrogen and oxygen atoms in total. The van der Waals surface area contributed by atoms with Gasteiger partial charge in [-0.05, 0) is 24.3 Å². The highest BCUT2D eigenvalue weighted by Gasteiger charge is 2.36. The molecule has 0 radical (unpaired) electrons. The van der Waals surface area contributed by atoms with Crippen LogP contribution >= 0.6 is 0 Å². The number of benzene rings is 1. The van der Waals surface area contributed by atoms with E-state index in [1.165, 1.54) is 23.1 Å². The van der Waals surface area contributed by atoms with Crippen molar-refractivity contribution in [3.63, 3.8) is 0 Å². The predicted molar refractivity (Wildman–Crippen MR) is 107 cm³/mol. The van der Waals surface area contributed by atoms with Gasteiger partial charge in [0, 0.05) is 32.7 Å². The van der Waals surface area contributed by atoms with Crippen molar-refractivity contribution in [3.05, 3.63) is 47.5 Å². The fraction of sp³-hybridized carbons (Fsp3) is 0.350. The third-order valence-corrected chi connectivity index (χ3v) is 5.25. The van der Waals surface area contributed by atoms with Gasteiger partial charge >= 0.3 is 6.18 Å². The Kier molecular flexibility index (Phi) is 5.57. The van der Waals surface area contributed by atoms with Crippen molar-refractivity contribution in [2.24, 2.45) is 4.99 Å². The van der Waals surface area contributed by atoms with E-state index in [2.05, 4.69) is 15.2 Å². The number of amides is 1. The predicted octanol–water partition coefficient (Wildman–Crippen LogP) is 1.88. The number of nitrogens with zero attached hydrogens (tertiary/aromatic N) is 6. The summed E-state index contributed by atoms with van der Waals surface area (Å²) in [6.45, 7) is 2.44. The molecule has 1 aromatic heterocycles. The second kappa shape index (κ2) is 8.32. The van der Waals surface area contributed by atoms with Crippen LogP contribution in [0.5, 0.6) is 0 Å². The van der Waals surface area contributed by atoms with E-state index in [0.29, 0.717) is 49.9 Å². The third-order valence-electron chi connectivity index (χ3n) is 5.25. The second-order valence-electron chi connectivity index (χ2n) is 7.08. The third kappa shape index (κ3) is 4.21. The van der Waals surface area contributed by atoms with Crippen LogP contribution in [0.15, 0.2) is 41.4 Å². The van der Waals surface area contributed by atoms with E-state index in [1.807, 2.05) is 4.90 Å². The topological polar surface area (TPSA) is 82.0 Å². The highest BCUT2D eigenvalue weighted by atomic mass is 19.4.